The van der Waals surface area contributed by atoms with E-state index in [1.165, 1.54) is 22.1 Å². The fourth-order valence-electron chi connectivity index (χ4n) is 2.42. The van der Waals surface area contributed by atoms with Crippen molar-refractivity contribution in [3.8, 4) is 0 Å². The fraction of sp³-hybridized carbons (Fsp3) is 0.250. The standard InChI is InChI=1S/C16H16B/c1-11-3-7-13-14-8-4-12(2)6-10-16(14)17-15(13)9-5-11/h3-12H,1-2H3/t11-,12-/m1/s1. The van der Waals surface area contributed by atoms with E-state index >= 15 is 0 Å². The first-order valence-electron chi connectivity index (χ1n) is 6.30. The normalized spacial score (nSPS) is 30.0. The average molecular weight is 219 g/mol. The van der Waals surface area contributed by atoms with Crippen molar-refractivity contribution < 1.29 is 0 Å². The van der Waals surface area contributed by atoms with Crippen molar-refractivity contribution in [3.05, 3.63) is 70.7 Å². The first-order chi connectivity index (χ1) is 8.24. The summed E-state index contributed by atoms with van der Waals surface area (Å²) in [5.41, 5.74) is 5.44. The zero-order valence-corrected chi connectivity index (χ0v) is 10.4. The van der Waals surface area contributed by atoms with Gasteiger partial charge in [0.25, 0.3) is 0 Å². The average Bonchev–Trinajstić information content (AvgIpc) is 2.44. The van der Waals surface area contributed by atoms with Crippen molar-refractivity contribution >= 4 is 7.28 Å². The Morgan fingerprint density at radius 3 is 1.59 bits per heavy atom. The molecule has 0 saturated heterocycles. The van der Waals surface area contributed by atoms with Crippen LogP contribution in [0.5, 0.6) is 0 Å². The highest BCUT2D eigenvalue weighted by Crippen LogP contribution is 2.34. The molecule has 0 saturated carbocycles. The van der Waals surface area contributed by atoms with Gasteiger partial charge in [-0.2, -0.15) is 0 Å². The van der Waals surface area contributed by atoms with Crippen LogP contribution < -0.4 is 0 Å². The number of hydrogen-bond donors (Lipinski definition) is 0. The third kappa shape index (κ3) is 1.91. The summed E-state index contributed by atoms with van der Waals surface area (Å²) in [6, 6.07) is 0. The highest BCUT2D eigenvalue weighted by Gasteiger charge is 2.21. The van der Waals surface area contributed by atoms with Crippen molar-refractivity contribution in [2.24, 2.45) is 11.8 Å². The Labute approximate surface area is 104 Å². The fourth-order valence-corrected chi connectivity index (χ4v) is 2.42. The van der Waals surface area contributed by atoms with Crippen LogP contribution in [0.3, 0.4) is 0 Å². The number of rotatable bonds is 0. The van der Waals surface area contributed by atoms with Gasteiger partial charge in [0, 0.05) is 0 Å². The van der Waals surface area contributed by atoms with Crippen molar-refractivity contribution in [1.82, 2.24) is 0 Å². The number of fused-ring (bicyclic) bond motifs is 1. The molecule has 0 bridgehead atoms. The van der Waals surface area contributed by atoms with Crippen LogP contribution in [0, 0.1) is 11.8 Å². The van der Waals surface area contributed by atoms with E-state index in [4.69, 9.17) is 0 Å². The molecule has 0 unspecified atom stereocenters. The molecule has 2 atom stereocenters. The van der Waals surface area contributed by atoms with Gasteiger partial charge in [-0.3, -0.25) is 0 Å². The van der Waals surface area contributed by atoms with E-state index in [1.807, 2.05) is 0 Å². The number of hydrogen-bond acceptors (Lipinski definition) is 0. The third-order valence-corrected chi connectivity index (χ3v) is 3.51. The van der Waals surface area contributed by atoms with Gasteiger partial charge in [-0.15, -0.1) is 0 Å². The first-order valence-corrected chi connectivity index (χ1v) is 6.30. The molecule has 83 valence electrons. The third-order valence-electron chi connectivity index (χ3n) is 3.51. The summed E-state index contributed by atoms with van der Waals surface area (Å²) in [7, 11) is 2.29. The van der Waals surface area contributed by atoms with Crippen LogP contribution in [0.1, 0.15) is 13.8 Å². The lowest BCUT2D eigenvalue weighted by Gasteiger charge is -2.02. The minimum atomic E-state index is 0.530. The summed E-state index contributed by atoms with van der Waals surface area (Å²) < 4.78 is 0. The van der Waals surface area contributed by atoms with E-state index in [2.05, 4.69) is 69.7 Å². The maximum absolute atomic E-state index is 2.29. The first kappa shape index (κ1) is 10.6. The van der Waals surface area contributed by atoms with E-state index < -0.39 is 0 Å². The second-order valence-electron chi connectivity index (χ2n) is 5.04. The predicted octanol–water partition coefficient (Wildman–Crippen LogP) is 3.74. The molecule has 0 aromatic carbocycles. The van der Waals surface area contributed by atoms with Crippen LogP contribution in [0.2, 0.25) is 0 Å². The van der Waals surface area contributed by atoms with Crippen LogP contribution in [0.15, 0.2) is 70.7 Å². The Hall–Kier alpha value is -1.50. The molecule has 2 aliphatic carbocycles. The van der Waals surface area contributed by atoms with Crippen molar-refractivity contribution in [2.75, 3.05) is 0 Å². The highest BCUT2D eigenvalue weighted by molar-refractivity contribution is 6.58. The molecular weight excluding hydrogens is 203 g/mol. The highest BCUT2D eigenvalue weighted by atomic mass is 14.2. The lowest BCUT2D eigenvalue weighted by molar-refractivity contribution is 0.941. The maximum Gasteiger partial charge on any atom is 0.193 e. The second-order valence-corrected chi connectivity index (χ2v) is 5.04. The molecule has 3 rings (SSSR count). The number of allylic oxidation sites excluding steroid dienone is 12. The molecule has 0 aromatic heterocycles. The second kappa shape index (κ2) is 4.07. The minimum absolute atomic E-state index is 0.530. The van der Waals surface area contributed by atoms with Crippen LogP contribution in [0.4, 0.5) is 0 Å². The van der Waals surface area contributed by atoms with Gasteiger partial charge < -0.3 is 0 Å². The van der Waals surface area contributed by atoms with E-state index in [9.17, 15) is 0 Å². The Bertz CT molecular complexity index is 476. The molecule has 0 nitrogen and oxygen atoms in total. The van der Waals surface area contributed by atoms with Crippen LogP contribution in [-0.2, 0) is 0 Å². The van der Waals surface area contributed by atoms with Gasteiger partial charge in [0.1, 0.15) is 0 Å². The van der Waals surface area contributed by atoms with Crippen molar-refractivity contribution in [2.45, 2.75) is 13.8 Å². The molecule has 0 amide bonds. The van der Waals surface area contributed by atoms with Crippen LogP contribution in [-0.4, -0.2) is 7.28 Å². The van der Waals surface area contributed by atoms with Crippen LogP contribution in [0.25, 0.3) is 0 Å². The maximum atomic E-state index is 2.29. The lowest BCUT2D eigenvalue weighted by Crippen LogP contribution is -1.93. The summed E-state index contributed by atoms with van der Waals surface area (Å²) in [4.78, 5) is 0. The van der Waals surface area contributed by atoms with Gasteiger partial charge >= 0.3 is 0 Å². The van der Waals surface area contributed by atoms with E-state index in [0.29, 0.717) is 11.8 Å². The largest absolute Gasteiger partial charge is 0.193 e. The van der Waals surface area contributed by atoms with E-state index in [-0.39, 0.29) is 0 Å². The summed E-state index contributed by atoms with van der Waals surface area (Å²) in [5.74, 6) is 1.06. The van der Waals surface area contributed by atoms with Gasteiger partial charge in [-0.05, 0) is 23.0 Å². The molecule has 0 spiro atoms. The van der Waals surface area contributed by atoms with E-state index in [0.717, 1.165) is 0 Å². The van der Waals surface area contributed by atoms with Crippen molar-refractivity contribution in [1.29, 1.82) is 0 Å². The minimum Gasteiger partial charge on any atom is -0.0784 e. The summed E-state index contributed by atoms with van der Waals surface area (Å²) in [5, 5.41) is 0. The lowest BCUT2D eigenvalue weighted by atomic mass is 9.65. The summed E-state index contributed by atoms with van der Waals surface area (Å²) in [6.07, 6.45) is 18.1. The molecule has 1 heterocycles. The van der Waals surface area contributed by atoms with Gasteiger partial charge in [0.2, 0.25) is 0 Å². The molecule has 0 aromatic rings. The molecular formula is C16H16B. The Kier molecular flexibility index (Phi) is 2.55. The quantitative estimate of drug-likeness (QED) is 0.544. The molecule has 0 N–H and O–H groups in total. The Morgan fingerprint density at radius 1 is 0.706 bits per heavy atom. The van der Waals surface area contributed by atoms with Gasteiger partial charge in [-0.25, -0.2) is 0 Å². The Morgan fingerprint density at radius 2 is 1.12 bits per heavy atom. The topological polar surface area (TPSA) is 0 Å². The Balaban J connectivity index is 2.04. The van der Waals surface area contributed by atoms with Gasteiger partial charge in [0.05, 0.1) is 0 Å². The monoisotopic (exact) mass is 219 g/mol. The predicted molar refractivity (Wildman–Crippen MR) is 74.7 cm³/mol. The molecule has 17 heavy (non-hydrogen) atoms. The summed E-state index contributed by atoms with van der Waals surface area (Å²) in [6.45, 7) is 4.44. The molecule has 1 aliphatic heterocycles. The van der Waals surface area contributed by atoms with E-state index in [1.54, 1.807) is 0 Å². The summed E-state index contributed by atoms with van der Waals surface area (Å²) >= 11 is 0. The molecule has 1 heteroatoms. The van der Waals surface area contributed by atoms with Crippen LogP contribution >= 0.6 is 0 Å². The van der Waals surface area contributed by atoms with Gasteiger partial charge in [-0.1, -0.05) is 73.4 Å². The van der Waals surface area contributed by atoms with Gasteiger partial charge in [0.15, 0.2) is 7.28 Å². The zero-order chi connectivity index (χ0) is 11.8. The molecule has 1 radical (unpaired) electrons. The SMILES string of the molecule is C[C@H]1C=CC2=C(C=C1)C1=C([B]2)C=C[C@H](C)C=C1. The molecule has 0 fully saturated rings. The molecule has 3 aliphatic rings. The zero-order valence-electron chi connectivity index (χ0n) is 10.4. The smallest absolute Gasteiger partial charge is 0.0784 e. The van der Waals surface area contributed by atoms with Crippen molar-refractivity contribution in [3.63, 3.8) is 0 Å².